The summed E-state index contributed by atoms with van der Waals surface area (Å²) in [4.78, 5) is 6.93. The number of hydrogen-bond donors (Lipinski definition) is 0. The minimum Gasteiger partial charge on any atom is -0.377 e. The summed E-state index contributed by atoms with van der Waals surface area (Å²) in [5, 5.41) is 3.21. The molecule has 17 heavy (non-hydrogen) atoms. The van der Waals surface area contributed by atoms with Gasteiger partial charge in [0.2, 0.25) is 0 Å². The molecular weight excluding hydrogens is 256 g/mol. The normalized spacial score (nSPS) is 21.9. The van der Waals surface area contributed by atoms with E-state index in [2.05, 4.69) is 16.8 Å². The molecule has 1 fully saturated rings. The van der Waals surface area contributed by atoms with Crippen LogP contribution < -0.4 is 0 Å². The molecule has 0 bridgehead atoms. The highest BCUT2D eigenvalue weighted by molar-refractivity contribution is 7.09. The Labute approximate surface area is 112 Å². The molecule has 0 amide bonds. The number of ether oxygens (including phenoxy) is 1. The van der Waals surface area contributed by atoms with Crippen molar-refractivity contribution in [3.63, 3.8) is 0 Å². The molecule has 96 valence electrons. The van der Waals surface area contributed by atoms with E-state index in [1.54, 1.807) is 11.3 Å². The van der Waals surface area contributed by atoms with Crippen LogP contribution in [0.25, 0.3) is 0 Å². The lowest BCUT2D eigenvalue weighted by atomic mass is 10.1. The van der Waals surface area contributed by atoms with E-state index in [-0.39, 0.29) is 0 Å². The summed E-state index contributed by atoms with van der Waals surface area (Å²) in [6, 6.07) is 0. The second-order valence-corrected chi connectivity index (χ2v) is 5.53. The van der Waals surface area contributed by atoms with E-state index >= 15 is 0 Å². The molecule has 0 spiro atoms. The van der Waals surface area contributed by atoms with Crippen LogP contribution in [0.4, 0.5) is 0 Å². The second kappa shape index (κ2) is 6.69. The van der Waals surface area contributed by atoms with Crippen molar-refractivity contribution < 1.29 is 4.74 Å². The molecule has 0 aromatic carbocycles. The number of thiazole rings is 1. The van der Waals surface area contributed by atoms with Gasteiger partial charge in [-0.3, -0.25) is 4.90 Å². The molecule has 1 aromatic heterocycles. The molecule has 0 aliphatic carbocycles. The van der Waals surface area contributed by atoms with Gasteiger partial charge < -0.3 is 4.74 Å². The third-order valence-electron chi connectivity index (χ3n) is 2.96. The zero-order valence-corrected chi connectivity index (χ0v) is 11.8. The highest BCUT2D eigenvalue weighted by atomic mass is 35.5. The van der Waals surface area contributed by atoms with E-state index in [1.807, 2.05) is 5.38 Å². The average Bonchev–Trinajstić information content (AvgIpc) is 2.78. The number of likely N-dealkylation sites (tertiary alicyclic amines) is 1. The molecule has 0 saturated carbocycles. The summed E-state index contributed by atoms with van der Waals surface area (Å²) >= 11 is 7.46. The first-order valence-corrected chi connectivity index (χ1v) is 7.56. The molecule has 1 atom stereocenters. The van der Waals surface area contributed by atoms with Crippen LogP contribution in [0.3, 0.4) is 0 Å². The van der Waals surface area contributed by atoms with Crippen LogP contribution >= 0.6 is 22.9 Å². The molecular formula is C12H19ClN2OS. The van der Waals surface area contributed by atoms with Crippen molar-refractivity contribution in [3.8, 4) is 0 Å². The molecule has 1 saturated heterocycles. The highest BCUT2D eigenvalue weighted by Gasteiger charge is 2.20. The van der Waals surface area contributed by atoms with Crippen molar-refractivity contribution in [2.24, 2.45) is 0 Å². The lowest BCUT2D eigenvalue weighted by molar-refractivity contribution is 0.00361. The highest BCUT2D eigenvalue weighted by Crippen LogP contribution is 2.18. The van der Waals surface area contributed by atoms with Crippen molar-refractivity contribution >= 4 is 22.9 Å². The summed E-state index contributed by atoms with van der Waals surface area (Å²) < 4.78 is 5.70. The maximum Gasteiger partial charge on any atom is 0.107 e. The van der Waals surface area contributed by atoms with Crippen LogP contribution in [-0.2, 0) is 17.2 Å². The zero-order valence-electron chi connectivity index (χ0n) is 10.2. The van der Waals surface area contributed by atoms with Gasteiger partial charge >= 0.3 is 0 Å². The van der Waals surface area contributed by atoms with Crippen molar-refractivity contribution in [3.05, 3.63) is 16.1 Å². The van der Waals surface area contributed by atoms with Crippen molar-refractivity contribution in [2.75, 3.05) is 19.7 Å². The predicted octanol–water partition coefficient (Wildman–Crippen LogP) is 2.88. The number of nitrogens with zero attached hydrogens (tertiary/aromatic N) is 2. The van der Waals surface area contributed by atoms with Crippen LogP contribution in [0.2, 0.25) is 0 Å². The van der Waals surface area contributed by atoms with E-state index in [1.165, 1.54) is 12.8 Å². The van der Waals surface area contributed by atoms with Gasteiger partial charge in [0, 0.05) is 18.5 Å². The number of halogens is 1. The lowest BCUT2D eigenvalue weighted by Crippen LogP contribution is -2.39. The first kappa shape index (κ1) is 13.3. The van der Waals surface area contributed by atoms with Gasteiger partial charge in [-0.15, -0.1) is 22.9 Å². The van der Waals surface area contributed by atoms with Crippen LogP contribution in [0.15, 0.2) is 5.38 Å². The largest absolute Gasteiger partial charge is 0.377 e. The quantitative estimate of drug-likeness (QED) is 0.772. The minimum absolute atomic E-state index is 0.404. The van der Waals surface area contributed by atoms with Crippen molar-refractivity contribution in [1.29, 1.82) is 0 Å². The van der Waals surface area contributed by atoms with Crippen LogP contribution in [0.1, 0.15) is 30.5 Å². The topological polar surface area (TPSA) is 25.4 Å². The van der Waals surface area contributed by atoms with E-state index in [9.17, 15) is 0 Å². The molecule has 1 aliphatic heterocycles. The molecule has 1 unspecified atom stereocenters. The maximum absolute atomic E-state index is 5.76. The summed E-state index contributed by atoms with van der Waals surface area (Å²) in [6.45, 7) is 5.99. The molecule has 2 rings (SSSR count). The fraction of sp³-hybridized carbons (Fsp3) is 0.750. The molecule has 3 nitrogen and oxygen atoms in total. The Morgan fingerprint density at radius 1 is 1.65 bits per heavy atom. The SMILES string of the molecule is CCOC1CCCN(Cc2nc(CCl)cs2)C1. The minimum atomic E-state index is 0.404. The van der Waals surface area contributed by atoms with Gasteiger partial charge in [0.05, 0.1) is 24.2 Å². The summed E-state index contributed by atoms with van der Waals surface area (Å²) in [5.74, 6) is 0.512. The number of alkyl halides is 1. The van der Waals surface area contributed by atoms with E-state index in [4.69, 9.17) is 16.3 Å². The van der Waals surface area contributed by atoms with Gasteiger partial charge in [-0.25, -0.2) is 4.98 Å². The number of rotatable bonds is 5. The predicted molar refractivity (Wildman–Crippen MR) is 71.6 cm³/mol. The van der Waals surface area contributed by atoms with Gasteiger partial charge in [-0.05, 0) is 26.3 Å². The lowest BCUT2D eigenvalue weighted by Gasteiger charge is -2.31. The fourth-order valence-electron chi connectivity index (χ4n) is 2.20. The summed E-state index contributed by atoms with van der Waals surface area (Å²) in [6.07, 6.45) is 2.81. The number of piperidine rings is 1. The van der Waals surface area contributed by atoms with E-state index in [0.717, 1.165) is 36.9 Å². The van der Waals surface area contributed by atoms with Crippen LogP contribution in [0.5, 0.6) is 0 Å². The van der Waals surface area contributed by atoms with Gasteiger partial charge in [0.25, 0.3) is 0 Å². The van der Waals surface area contributed by atoms with Gasteiger partial charge in [0.15, 0.2) is 0 Å². The van der Waals surface area contributed by atoms with Crippen molar-refractivity contribution in [2.45, 2.75) is 38.3 Å². The third-order valence-corrected chi connectivity index (χ3v) is 4.12. The summed E-state index contributed by atoms with van der Waals surface area (Å²) in [5.41, 5.74) is 0.991. The number of hydrogen-bond acceptors (Lipinski definition) is 4. The summed E-state index contributed by atoms with van der Waals surface area (Å²) in [7, 11) is 0. The van der Waals surface area contributed by atoms with Crippen LogP contribution in [-0.4, -0.2) is 35.7 Å². The Kier molecular flexibility index (Phi) is 5.22. The van der Waals surface area contributed by atoms with Gasteiger partial charge in [-0.1, -0.05) is 0 Å². The van der Waals surface area contributed by atoms with E-state index < -0.39 is 0 Å². The first-order valence-electron chi connectivity index (χ1n) is 6.15. The standard InChI is InChI=1S/C12H19ClN2OS/c1-2-16-11-4-3-5-15(7-11)8-12-14-10(6-13)9-17-12/h9,11H,2-8H2,1H3. The van der Waals surface area contributed by atoms with Gasteiger partial charge in [-0.2, -0.15) is 0 Å². The number of aromatic nitrogens is 1. The van der Waals surface area contributed by atoms with Gasteiger partial charge in [0.1, 0.15) is 5.01 Å². The molecule has 5 heteroatoms. The second-order valence-electron chi connectivity index (χ2n) is 4.32. The molecule has 0 radical (unpaired) electrons. The molecule has 1 aliphatic rings. The Morgan fingerprint density at radius 2 is 2.53 bits per heavy atom. The van der Waals surface area contributed by atoms with E-state index in [0.29, 0.717) is 12.0 Å². The molecule has 2 heterocycles. The Hall–Kier alpha value is -0.160. The molecule has 0 N–H and O–H groups in total. The average molecular weight is 275 g/mol. The Bertz CT molecular complexity index is 343. The Morgan fingerprint density at radius 3 is 3.24 bits per heavy atom. The zero-order chi connectivity index (χ0) is 12.1. The first-order chi connectivity index (χ1) is 8.31. The van der Waals surface area contributed by atoms with Crippen molar-refractivity contribution in [1.82, 2.24) is 9.88 Å². The monoisotopic (exact) mass is 274 g/mol. The Balaban J connectivity index is 1.85. The molecule has 1 aromatic rings. The smallest absolute Gasteiger partial charge is 0.107 e. The maximum atomic E-state index is 5.76. The third kappa shape index (κ3) is 3.91. The van der Waals surface area contributed by atoms with Crippen LogP contribution in [0, 0.1) is 0 Å². The fourth-order valence-corrected chi connectivity index (χ4v) is 3.27.